The van der Waals surface area contributed by atoms with Crippen LogP contribution in [0.25, 0.3) is 5.57 Å². The maximum atomic E-state index is 10.6. The second kappa shape index (κ2) is 4.84. The lowest BCUT2D eigenvalue weighted by molar-refractivity contribution is -0.131. The molecule has 16 heavy (non-hydrogen) atoms. The van der Waals surface area contributed by atoms with Gasteiger partial charge in [-0.25, -0.2) is 4.79 Å². The highest BCUT2D eigenvalue weighted by Crippen LogP contribution is 2.26. The van der Waals surface area contributed by atoms with Crippen LogP contribution in [0.15, 0.2) is 18.2 Å². The first-order chi connectivity index (χ1) is 7.45. The van der Waals surface area contributed by atoms with Crippen LogP contribution < -0.4 is 4.74 Å². The van der Waals surface area contributed by atoms with E-state index in [0.717, 1.165) is 28.0 Å². The molecule has 1 rings (SSSR count). The van der Waals surface area contributed by atoms with Crippen molar-refractivity contribution in [3.63, 3.8) is 0 Å². The molecule has 1 aromatic carbocycles. The van der Waals surface area contributed by atoms with Gasteiger partial charge in [0.2, 0.25) is 0 Å². The normalized spacial score (nSPS) is 11.4. The summed E-state index contributed by atoms with van der Waals surface area (Å²) in [5.74, 6) is -0.102. The maximum Gasteiger partial charge on any atom is 0.328 e. The topological polar surface area (TPSA) is 46.5 Å². The second-order valence-electron chi connectivity index (χ2n) is 3.80. The molecule has 0 amide bonds. The van der Waals surface area contributed by atoms with Gasteiger partial charge in [0.25, 0.3) is 0 Å². The zero-order chi connectivity index (χ0) is 12.3. The number of allylic oxidation sites excluding steroid dienone is 1. The number of methoxy groups -OCH3 is 1. The van der Waals surface area contributed by atoms with E-state index in [2.05, 4.69) is 0 Å². The molecule has 0 aliphatic heterocycles. The van der Waals surface area contributed by atoms with E-state index in [1.807, 2.05) is 26.0 Å². The van der Waals surface area contributed by atoms with Gasteiger partial charge in [-0.15, -0.1) is 0 Å². The fourth-order valence-electron chi connectivity index (χ4n) is 1.70. The summed E-state index contributed by atoms with van der Waals surface area (Å²) in [6.45, 7) is 5.68. The van der Waals surface area contributed by atoms with Gasteiger partial charge in [0.05, 0.1) is 7.11 Å². The van der Waals surface area contributed by atoms with Crippen LogP contribution in [0.5, 0.6) is 5.75 Å². The lowest BCUT2D eigenvalue weighted by atomic mass is 9.98. The number of hydrogen-bond acceptors (Lipinski definition) is 2. The van der Waals surface area contributed by atoms with Gasteiger partial charge in [-0.2, -0.15) is 0 Å². The molecule has 3 heteroatoms. The van der Waals surface area contributed by atoms with Gasteiger partial charge in [-0.3, -0.25) is 0 Å². The Labute approximate surface area is 95.4 Å². The maximum absolute atomic E-state index is 10.6. The van der Waals surface area contributed by atoms with Gasteiger partial charge >= 0.3 is 5.97 Å². The molecule has 1 N–H and O–H groups in total. The zero-order valence-electron chi connectivity index (χ0n) is 10.00. The molecule has 0 atom stereocenters. The lowest BCUT2D eigenvalue weighted by Gasteiger charge is -2.11. The van der Waals surface area contributed by atoms with E-state index in [9.17, 15) is 4.79 Å². The molecule has 0 aliphatic carbocycles. The first-order valence-corrected chi connectivity index (χ1v) is 5.02. The number of aryl methyl sites for hydroxylation is 2. The fourth-order valence-corrected chi connectivity index (χ4v) is 1.70. The van der Waals surface area contributed by atoms with Crippen LogP contribution in [0.4, 0.5) is 0 Å². The summed E-state index contributed by atoms with van der Waals surface area (Å²) >= 11 is 0. The van der Waals surface area contributed by atoms with Crippen molar-refractivity contribution in [1.29, 1.82) is 0 Å². The van der Waals surface area contributed by atoms with Gasteiger partial charge < -0.3 is 9.84 Å². The Kier molecular flexibility index (Phi) is 3.72. The standard InChI is InChI=1S/C13H16O3/c1-8-6-12(16-4)10(3)5-11(8)9(2)7-13(14)15/h5-7H,1-4H3,(H,14,15)/b9-7+. The number of carboxylic acids is 1. The molecule has 0 saturated heterocycles. The molecule has 0 radical (unpaired) electrons. The highest BCUT2D eigenvalue weighted by molar-refractivity contribution is 5.90. The predicted molar refractivity (Wildman–Crippen MR) is 63.8 cm³/mol. The van der Waals surface area contributed by atoms with E-state index in [0.29, 0.717) is 0 Å². The number of carbonyl (C=O) groups is 1. The molecular formula is C13H16O3. The molecule has 86 valence electrons. The van der Waals surface area contributed by atoms with Gasteiger partial charge in [-0.1, -0.05) is 0 Å². The van der Waals surface area contributed by atoms with E-state index in [4.69, 9.17) is 9.84 Å². The van der Waals surface area contributed by atoms with Crippen molar-refractivity contribution in [2.45, 2.75) is 20.8 Å². The highest BCUT2D eigenvalue weighted by atomic mass is 16.5. The van der Waals surface area contributed by atoms with Crippen molar-refractivity contribution in [3.8, 4) is 5.75 Å². The van der Waals surface area contributed by atoms with E-state index in [-0.39, 0.29) is 0 Å². The summed E-state index contributed by atoms with van der Waals surface area (Å²) in [6, 6.07) is 3.87. The summed E-state index contributed by atoms with van der Waals surface area (Å²) in [5, 5.41) is 8.71. The highest BCUT2D eigenvalue weighted by Gasteiger charge is 2.07. The van der Waals surface area contributed by atoms with Crippen LogP contribution in [0, 0.1) is 13.8 Å². The van der Waals surface area contributed by atoms with Crippen LogP contribution in [0.1, 0.15) is 23.6 Å². The molecule has 0 bridgehead atoms. The lowest BCUT2D eigenvalue weighted by Crippen LogP contribution is -1.95. The molecular weight excluding hydrogens is 204 g/mol. The predicted octanol–water partition coefficient (Wildman–Crippen LogP) is 2.80. The van der Waals surface area contributed by atoms with Crippen LogP contribution in [-0.4, -0.2) is 18.2 Å². The molecule has 0 aromatic heterocycles. The van der Waals surface area contributed by atoms with Crippen molar-refractivity contribution < 1.29 is 14.6 Å². The first-order valence-electron chi connectivity index (χ1n) is 5.02. The Morgan fingerprint density at radius 1 is 1.31 bits per heavy atom. The fraction of sp³-hybridized carbons (Fsp3) is 0.308. The van der Waals surface area contributed by atoms with Gasteiger partial charge in [0.15, 0.2) is 0 Å². The molecule has 0 unspecified atom stereocenters. The summed E-state index contributed by atoms with van der Waals surface area (Å²) in [7, 11) is 1.63. The average Bonchev–Trinajstić information content (AvgIpc) is 2.19. The van der Waals surface area contributed by atoms with Crippen molar-refractivity contribution in [1.82, 2.24) is 0 Å². The third-order valence-corrected chi connectivity index (χ3v) is 2.51. The number of aliphatic carboxylic acids is 1. The van der Waals surface area contributed by atoms with E-state index in [1.165, 1.54) is 6.08 Å². The third-order valence-electron chi connectivity index (χ3n) is 2.51. The molecule has 0 aliphatic rings. The zero-order valence-corrected chi connectivity index (χ0v) is 10.00. The minimum atomic E-state index is -0.926. The van der Waals surface area contributed by atoms with Crippen molar-refractivity contribution in [3.05, 3.63) is 34.9 Å². The minimum absolute atomic E-state index is 0.746. The van der Waals surface area contributed by atoms with E-state index < -0.39 is 5.97 Å². The number of hydrogen-bond donors (Lipinski definition) is 1. The molecule has 0 fully saturated rings. The van der Waals surface area contributed by atoms with Crippen molar-refractivity contribution >= 4 is 11.5 Å². The first kappa shape index (κ1) is 12.3. The summed E-state index contributed by atoms with van der Waals surface area (Å²) in [6.07, 6.45) is 1.22. The van der Waals surface area contributed by atoms with E-state index >= 15 is 0 Å². The minimum Gasteiger partial charge on any atom is -0.496 e. The van der Waals surface area contributed by atoms with Crippen LogP contribution in [-0.2, 0) is 4.79 Å². The average molecular weight is 220 g/mol. The third kappa shape index (κ3) is 2.63. The number of benzene rings is 1. The van der Waals surface area contributed by atoms with Gasteiger partial charge in [-0.05, 0) is 55.2 Å². The Hall–Kier alpha value is -1.77. The summed E-state index contributed by atoms with van der Waals surface area (Å²) in [4.78, 5) is 10.6. The van der Waals surface area contributed by atoms with E-state index in [1.54, 1.807) is 14.0 Å². The number of rotatable bonds is 3. The quantitative estimate of drug-likeness (QED) is 0.797. The molecule has 1 aromatic rings. The Bertz CT molecular complexity index is 445. The van der Waals surface area contributed by atoms with Crippen molar-refractivity contribution in [2.24, 2.45) is 0 Å². The number of ether oxygens (including phenoxy) is 1. The Morgan fingerprint density at radius 2 is 1.94 bits per heavy atom. The SMILES string of the molecule is COc1cc(C)c(/C(C)=C/C(=O)O)cc1C. The second-order valence-corrected chi connectivity index (χ2v) is 3.80. The van der Waals surface area contributed by atoms with Crippen LogP contribution in [0.2, 0.25) is 0 Å². The molecule has 3 nitrogen and oxygen atoms in total. The van der Waals surface area contributed by atoms with Crippen LogP contribution >= 0.6 is 0 Å². The van der Waals surface area contributed by atoms with Crippen molar-refractivity contribution in [2.75, 3.05) is 7.11 Å². The Morgan fingerprint density at radius 3 is 2.44 bits per heavy atom. The van der Waals surface area contributed by atoms with Gasteiger partial charge in [0, 0.05) is 6.08 Å². The summed E-state index contributed by atoms with van der Waals surface area (Å²) in [5.41, 5.74) is 3.70. The molecule has 0 spiro atoms. The van der Waals surface area contributed by atoms with Crippen LogP contribution in [0.3, 0.4) is 0 Å². The Balaban J connectivity index is 3.26. The van der Waals surface area contributed by atoms with Gasteiger partial charge in [0.1, 0.15) is 5.75 Å². The monoisotopic (exact) mass is 220 g/mol. The summed E-state index contributed by atoms with van der Waals surface area (Å²) < 4.78 is 5.21. The number of carboxylic acid groups (broad SMARTS) is 1. The molecule has 0 saturated carbocycles. The largest absolute Gasteiger partial charge is 0.496 e. The molecule has 0 heterocycles. The smallest absolute Gasteiger partial charge is 0.328 e.